The minimum absolute atomic E-state index is 0.0982. The van der Waals surface area contributed by atoms with E-state index < -0.39 is 4.92 Å². The van der Waals surface area contributed by atoms with Crippen molar-refractivity contribution in [3.63, 3.8) is 0 Å². The summed E-state index contributed by atoms with van der Waals surface area (Å²) >= 11 is 0. The topological polar surface area (TPSA) is 81.3 Å². The van der Waals surface area contributed by atoms with Crippen molar-refractivity contribution in [1.82, 2.24) is 14.5 Å². The van der Waals surface area contributed by atoms with E-state index >= 15 is 0 Å². The van der Waals surface area contributed by atoms with Crippen LogP contribution in [0, 0.1) is 16.0 Å². The predicted molar refractivity (Wildman–Crippen MR) is 84.5 cm³/mol. The Labute approximate surface area is 133 Å². The van der Waals surface area contributed by atoms with Crippen molar-refractivity contribution >= 4 is 11.6 Å². The molecule has 1 aliphatic rings. The predicted octanol–water partition coefficient (Wildman–Crippen LogP) is 2.65. The van der Waals surface area contributed by atoms with Gasteiger partial charge in [-0.2, -0.15) is 0 Å². The maximum Gasteiger partial charge on any atom is 0.294 e. The number of carbonyl (C=O) groups excluding carboxylic acids is 1. The molecular weight excluding hydrogens is 296 g/mol. The van der Waals surface area contributed by atoms with Crippen LogP contribution in [0.2, 0.25) is 0 Å². The normalized spacial score (nSPS) is 18.0. The third kappa shape index (κ3) is 3.08. The first-order valence-corrected chi connectivity index (χ1v) is 7.62. The number of nitro groups is 1. The third-order valence-electron chi connectivity index (χ3n) is 4.15. The van der Waals surface area contributed by atoms with E-state index in [1.54, 1.807) is 34.0 Å². The number of aromatic nitrogens is 2. The molecule has 1 amide bonds. The lowest BCUT2D eigenvalue weighted by Gasteiger charge is -2.31. The Bertz CT molecular complexity index is 727. The van der Waals surface area contributed by atoms with Gasteiger partial charge < -0.3 is 9.47 Å². The van der Waals surface area contributed by atoms with Gasteiger partial charge in [0.15, 0.2) is 0 Å². The first-order chi connectivity index (χ1) is 11.1. The summed E-state index contributed by atoms with van der Waals surface area (Å²) in [5.74, 6) is 0.324. The summed E-state index contributed by atoms with van der Waals surface area (Å²) in [5, 5.41) is 11.4. The van der Waals surface area contributed by atoms with E-state index in [0.29, 0.717) is 30.3 Å². The van der Waals surface area contributed by atoms with Crippen molar-refractivity contribution in [1.29, 1.82) is 0 Å². The van der Waals surface area contributed by atoms with E-state index in [1.165, 1.54) is 12.4 Å². The van der Waals surface area contributed by atoms with Crippen LogP contribution in [0.25, 0.3) is 5.69 Å². The van der Waals surface area contributed by atoms with Crippen LogP contribution >= 0.6 is 0 Å². The largest absolute Gasteiger partial charge is 0.338 e. The average molecular weight is 314 g/mol. The second-order valence-corrected chi connectivity index (χ2v) is 5.93. The molecule has 2 heterocycles. The number of likely N-dealkylation sites (tertiary alicyclic amines) is 1. The lowest BCUT2D eigenvalue weighted by Crippen LogP contribution is -2.39. The fourth-order valence-electron chi connectivity index (χ4n) is 2.98. The van der Waals surface area contributed by atoms with Crippen LogP contribution in [-0.4, -0.2) is 38.4 Å². The lowest BCUT2D eigenvalue weighted by molar-refractivity contribution is -0.384. The van der Waals surface area contributed by atoms with Crippen LogP contribution in [0.15, 0.2) is 36.9 Å². The van der Waals surface area contributed by atoms with Crippen LogP contribution in [0.3, 0.4) is 0 Å². The van der Waals surface area contributed by atoms with E-state index in [0.717, 1.165) is 12.8 Å². The summed E-state index contributed by atoms with van der Waals surface area (Å²) in [5.41, 5.74) is 0.657. The van der Waals surface area contributed by atoms with E-state index in [9.17, 15) is 14.9 Å². The van der Waals surface area contributed by atoms with Gasteiger partial charge in [0.1, 0.15) is 5.69 Å². The Morgan fingerprint density at radius 1 is 1.43 bits per heavy atom. The minimum Gasteiger partial charge on any atom is -0.338 e. The highest BCUT2D eigenvalue weighted by Crippen LogP contribution is 2.26. The van der Waals surface area contributed by atoms with Crippen LogP contribution in [-0.2, 0) is 0 Å². The highest BCUT2D eigenvalue weighted by molar-refractivity contribution is 5.95. The van der Waals surface area contributed by atoms with Gasteiger partial charge in [-0.05, 0) is 30.9 Å². The molecule has 120 valence electrons. The molecule has 3 rings (SSSR count). The van der Waals surface area contributed by atoms with E-state index in [-0.39, 0.29) is 11.6 Å². The molecule has 1 atom stereocenters. The fraction of sp³-hybridized carbons (Fsp3) is 0.375. The molecule has 1 aromatic heterocycles. The molecule has 23 heavy (non-hydrogen) atoms. The summed E-state index contributed by atoms with van der Waals surface area (Å²) in [7, 11) is 0. The molecule has 1 saturated heterocycles. The zero-order valence-corrected chi connectivity index (χ0v) is 12.9. The van der Waals surface area contributed by atoms with E-state index in [4.69, 9.17) is 0 Å². The highest BCUT2D eigenvalue weighted by Gasteiger charge is 2.25. The van der Waals surface area contributed by atoms with Crippen LogP contribution in [0.4, 0.5) is 5.69 Å². The number of amides is 1. The molecule has 1 aliphatic heterocycles. The van der Waals surface area contributed by atoms with Gasteiger partial charge in [-0.1, -0.05) is 6.92 Å². The maximum absolute atomic E-state index is 12.6. The smallest absolute Gasteiger partial charge is 0.294 e. The van der Waals surface area contributed by atoms with Gasteiger partial charge in [-0.15, -0.1) is 0 Å². The van der Waals surface area contributed by atoms with E-state index in [2.05, 4.69) is 11.9 Å². The standard InChI is InChI=1S/C16H18N4O3/c1-12-3-2-7-18(10-12)16(21)13-4-5-14(15(9-13)20(22)23)19-8-6-17-11-19/h4-6,8-9,11-12H,2-3,7,10H2,1H3/t12-/m1/s1. The quantitative estimate of drug-likeness (QED) is 0.644. The van der Waals surface area contributed by atoms with Crippen molar-refractivity contribution in [2.24, 2.45) is 5.92 Å². The lowest BCUT2D eigenvalue weighted by atomic mass is 9.99. The Morgan fingerprint density at radius 2 is 2.26 bits per heavy atom. The van der Waals surface area contributed by atoms with Crippen molar-refractivity contribution in [3.8, 4) is 5.69 Å². The first kappa shape index (κ1) is 15.2. The minimum atomic E-state index is -0.467. The van der Waals surface area contributed by atoms with Gasteiger partial charge in [0.2, 0.25) is 0 Å². The van der Waals surface area contributed by atoms with Gasteiger partial charge >= 0.3 is 0 Å². The maximum atomic E-state index is 12.6. The number of rotatable bonds is 3. The summed E-state index contributed by atoms with van der Waals surface area (Å²) in [6, 6.07) is 4.60. The molecule has 7 heteroatoms. The Kier molecular flexibility index (Phi) is 4.10. The van der Waals surface area contributed by atoms with E-state index in [1.807, 2.05) is 0 Å². The average Bonchev–Trinajstić information content (AvgIpc) is 3.08. The number of imidazole rings is 1. The van der Waals surface area contributed by atoms with Crippen LogP contribution in [0.5, 0.6) is 0 Å². The number of nitrogens with zero attached hydrogens (tertiary/aromatic N) is 4. The van der Waals surface area contributed by atoms with Gasteiger partial charge in [-0.3, -0.25) is 14.9 Å². The molecule has 0 saturated carbocycles. The van der Waals surface area contributed by atoms with Crippen molar-refractivity contribution in [2.75, 3.05) is 13.1 Å². The number of nitro benzene ring substituents is 1. The summed E-state index contributed by atoms with van der Waals surface area (Å²) in [6.45, 7) is 3.53. The monoisotopic (exact) mass is 314 g/mol. The Hall–Kier alpha value is -2.70. The van der Waals surface area contributed by atoms with Crippen LogP contribution in [0.1, 0.15) is 30.1 Å². The molecule has 0 bridgehead atoms. The SMILES string of the molecule is C[C@@H]1CCCN(C(=O)c2ccc(-n3ccnc3)c([N+](=O)[O-])c2)C1. The molecule has 0 spiro atoms. The molecule has 0 aliphatic carbocycles. The van der Waals surface area contributed by atoms with Crippen molar-refractivity contribution in [3.05, 3.63) is 52.6 Å². The Morgan fingerprint density at radius 3 is 2.91 bits per heavy atom. The summed E-state index contributed by atoms with van der Waals surface area (Å²) < 4.78 is 1.56. The summed E-state index contributed by atoms with van der Waals surface area (Å²) in [6.07, 6.45) is 6.77. The number of carbonyl (C=O) groups is 1. The fourth-order valence-corrected chi connectivity index (χ4v) is 2.98. The number of piperidine rings is 1. The second kappa shape index (κ2) is 6.20. The first-order valence-electron chi connectivity index (χ1n) is 7.62. The third-order valence-corrected chi connectivity index (χ3v) is 4.15. The summed E-state index contributed by atoms with van der Waals surface area (Å²) in [4.78, 5) is 29.2. The number of hydrogen-bond acceptors (Lipinski definition) is 4. The van der Waals surface area contributed by atoms with Crippen LogP contribution < -0.4 is 0 Å². The molecule has 1 fully saturated rings. The van der Waals surface area contributed by atoms with Crippen molar-refractivity contribution < 1.29 is 9.72 Å². The molecule has 0 unspecified atom stereocenters. The second-order valence-electron chi connectivity index (χ2n) is 5.93. The highest BCUT2D eigenvalue weighted by atomic mass is 16.6. The molecule has 7 nitrogen and oxygen atoms in total. The van der Waals surface area contributed by atoms with Gasteiger partial charge in [0.25, 0.3) is 11.6 Å². The molecule has 0 radical (unpaired) electrons. The zero-order valence-electron chi connectivity index (χ0n) is 12.9. The molecule has 0 N–H and O–H groups in total. The molecule has 1 aromatic carbocycles. The molecule has 2 aromatic rings. The van der Waals surface area contributed by atoms with Gasteiger partial charge in [-0.25, -0.2) is 4.98 Å². The Balaban J connectivity index is 1.93. The van der Waals surface area contributed by atoms with Crippen molar-refractivity contribution in [2.45, 2.75) is 19.8 Å². The molecular formula is C16H18N4O3. The number of benzene rings is 1. The zero-order chi connectivity index (χ0) is 16.4. The van der Waals surface area contributed by atoms with Gasteiger partial charge in [0.05, 0.1) is 11.3 Å². The van der Waals surface area contributed by atoms with Gasteiger partial charge in [0, 0.05) is 37.1 Å². The number of hydrogen-bond donors (Lipinski definition) is 0.